The van der Waals surface area contributed by atoms with E-state index in [4.69, 9.17) is 4.74 Å². The SMILES string of the molecule is CCNCc1cc(Br)c(OCCN(CC)CC)c(Br)c1. The molecule has 0 unspecified atom stereocenters. The number of nitrogens with zero attached hydrogens (tertiary/aromatic N) is 1. The van der Waals surface area contributed by atoms with Crippen LogP contribution < -0.4 is 10.1 Å². The highest BCUT2D eigenvalue weighted by molar-refractivity contribution is 9.11. The second-order valence-corrected chi connectivity index (χ2v) is 6.25. The van der Waals surface area contributed by atoms with Crippen LogP contribution in [0.5, 0.6) is 5.75 Å². The predicted octanol–water partition coefficient (Wildman–Crippen LogP) is 4.04. The van der Waals surface area contributed by atoms with Crippen molar-refractivity contribution < 1.29 is 4.74 Å². The van der Waals surface area contributed by atoms with Gasteiger partial charge in [-0.1, -0.05) is 20.8 Å². The van der Waals surface area contributed by atoms with Gasteiger partial charge in [-0.15, -0.1) is 0 Å². The Bertz CT molecular complexity index is 386. The third kappa shape index (κ3) is 5.72. The second kappa shape index (κ2) is 9.77. The van der Waals surface area contributed by atoms with Crippen molar-refractivity contribution >= 4 is 31.9 Å². The van der Waals surface area contributed by atoms with Gasteiger partial charge in [0.25, 0.3) is 0 Å². The van der Waals surface area contributed by atoms with Crippen LogP contribution in [0.1, 0.15) is 26.3 Å². The van der Waals surface area contributed by atoms with Crippen LogP contribution in [0, 0.1) is 0 Å². The molecule has 0 saturated carbocycles. The summed E-state index contributed by atoms with van der Waals surface area (Å²) in [4.78, 5) is 2.35. The molecule has 0 aliphatic rings. The average Bonchev–Trinajstić information content (AvgIpc) is 2.43. The van der Waals surface area contributed by atoms with Crippen molar-refractivity contribution in [1.82, 2.24) is 10.2 Å². The standard InChI is InChI=1S/C15H24Br2N2O/c1-4-18-11-12-9-13(16)15(14(17)10-12)20-8-7-19(5-2)6-3/h9-10,18H,4-8,11H2,1-3H3. The number of ether oxygens (including phenoxy) is 1. The van der Waals surface area contributed by atoms with Gasteiger partial charge in [0.15, 0.2) is 0 Å². The number of likely N-dealkylation sites (N-methyl/N-ethyl adjacent to an activating group) is 1. The van der Waals surface area contributed by atoms with Gasteiger partial charge in [0.05, 0.1) is 8.95 Å². The van der Waals surface area contributed by atoms with Crippen LogP contribution in [0.15, 0.2) is 21.1 Å². The lowest BCUT2D eigenvalue weighted by molar-refractivity contribution is 0.221. The predicted molar refractivity (Wildman–Crippen MR) is 92.5 cm³/mol. The summed E-state index contributed by atoms with van der Waals surface area (Å²) >= 11 is 7.19. The maximum absolute atomic E-state index is 5.91. The number of halogens is 2. The van der Waals surface area contributed by atoms with E-state index in [1.54, 1.807) is 0 Å². The number of hydrogen-bond acceptors (Lipinski definition) is 3. The highest BCUT2D eigenvalue weighted by atomic mass is 79.9. The first-order valence-corrected chi connectivity index (χ1v) is 8.74. The van der Waals surface area contributed by atoms with Crippen molar-refractivity contribution in [3.8, 4) is 5.75 Å². The van der Waals surface area contributed by atoms with Crippen molar-refractivity contribution in [1.29, 1.82) is 0 Å². The van der Waals surface area contributed by atoms with Crippen molar-refractivity contribution in [2.75, 3.05) is 32.8 Å². The highest BCUT2D eigenvalue weighted by Gasteiger charge is 2.09. The van der Waals surface area contributed by atoms with Crippen LogP contribution in [0.25, 0.3) is 0 Å². The summed E-state index contributed by atoms with van der Waals surface area (Å²) in [5, 5.41) is 3.32. The molecule has 0 saturated heterocycles. The van der Waals surface area contributed by atoms with E-state index in [-0.39, 0.29) is 0 Å². The van der Waals surface area contributed by atoms with Gasteiger partial charge in [-0.2, -0.15) is 0 Å². The van der Waals surface area contributed by atoms with E-state index in [1.807, 2.05) is 0 Å². The minimum atomic E-state index is 0.700. The molecule has 20 heavy (non-hydrogen) atoms. The van der Waals surface area contributed by atoms with E-state index in [0.717, 1.165) is 47.4 Å². The summed E-state index contributed by atoms with van der Waals surface area (Å²) in [6.07, 6.45) is 0. The number of nitrogens with one attached hydrogen (secondary N) is 1. The molecule has 0 radical (unpaired) electrons. The van der Waals surface area contributed by atoms with E-state index >= 15 is 0 Å². The van der Waals surface area contributed by atoms with E-state index in [9.17, 15) is 0 Å². The van der Waals surface area contributed by atoms with Crippen molar-refractivity contribution in [2.24, 2.45) is 0 Å². The Hall–Kier alpha value is -0.100. The quantitative estimate of drug-likeness (QED) is 0.668. The lowest BCUT2D eigenvalue weighted by atomic mass is 10.2. The topological polar surface area (TPSA) is 24.5 Å². The van der Waals surface area contributed by atoms with Crippen LogP contribution in [0.3, 0.4) is 0 Å². The zero-order chi connectivity index (χ0) is 15.0. The van der Waals surface area contributed by atoms with Crippen LogP contribution in [-0.2, 0) is 6.54 Å². The summed E-state index contributed by atoms with van der Waals surface area (Å²) in [7, 11) is 0. The molecular weight excluding hydrogens is 384 g/mol. The molecule has 0 atom stereocenters. The monoisotopic (exact) mass is 406 g/mol. The molecule has 1 N–H and O–H groups in total. The minimum absolute atomic E-state index is 0.700. The molecule has 1 aromatic carbocycles. The first-order valence-electron chi connectivity index (χ1n) is 7.16. The van der Waals surface area contributed by atoms with E-state index in [0.29, 0.717) is 6.61 Å². The second-order valence-electron chi connectivity index (χ2n) is 4.54. The van der Waals surface area contributed by atoms with Crippen molar-refractivity contribution in [3.05, 3.63) is 26.6 Å². The van der Waals surface area contributed by atoms with Crippen LogP contribution in [0.4, 0.5) is 0 Å². The van der Waals surface area contributed by atoms with Crippen molar-refractivity contribution in [2.45, 2.75) is 27.3 Å². The van der Waals surface area contributed by atoms with Gasteiger partial charge in [-0.05, 0) is 69.2 Å². The molecule has 0 heterocycles. The molecule has 0 bridgehead atoms. The largest absolute Gasteiger partial charge is 0.490 e. The van der Waals surface area contributed by atoms with Crippen LogP contribution in [0.2, 0.25) is 0 Å². The highest BCUT2D eigenvalue weighted by Crippen LogP contribution is 2.34. The third-order valence-corrected chi connectivity index (χ3v) is 4.36. The molecule has 0 fully saturated rings. The van der Waals surface area contributed by atoms with E-state index < -0.39 is 0 Å². The molecule has 1 rings (SSSR count). The number of rotatable bonds is 9. The molecule has 3 nitrogen and oxygen atoms in total. The fourth-order valence-electron chi connectivity index (χ4n) is 1.94. The molecule has 114 valence electrons. The van der Waals surface area contributed by atoms with Crippen LogP contribution >= 0.6 is 31.9 Å². The lowest BCUT2D eigenvalue weighted by Gasteiger charge is -2.19. The molecule has 0 aliphatic carbocycles. The Labute approximate surface area is 139 Å². The Morgan fingerprint density at radius 2 is 1.70 bits per heavy atom. The van der Waals surface area contributed by atoms with E-state index in [1.165, 1.54) is 5.56 Å². The normalized spacial score (nSPS) is 11.1. The van der Waals surface area contributed by atoms with Gasteiger partial charge in [0.1, 0.15) is 12.4 Å². The fourth-order valence-corrected chi connectivity index (χ4v) is 3.45. The van der Waals surface area contributed by atoms with E-state index in [2.05, 4.69) is 75.0 Å². The average molecular weight is 408 g/mol. The summed E-state index contributed by atoms with van der Waals surface area (Å²) in [5.74, 6) is 0.886. The van der Waals surface area contributed by atoms with Gasteiger partial charge in [-0.25, -0.2) is 0 Å². The molecular formula is C15H24Br2N2O. The Morgan fingerprint density at radius 3 is 2.20 bits per heavy atom. The van der Waals surface area contributed by atoms with Gasteiger partial charge in [0, 0.05) is 13.1 Å². The fraction of sp³-hybridized carbons (Fsp3) is 0.600. The Balaban J connectivity index is 2.62. The minimum Gasteiger partial charge on any atom is -0.490 e. The van der Waals surface area contributed by atoms with Gasteiger partial charge in [0.2, 0.25) is 0 Å². The summed E-state index contributed by atoms with van der Waals surface area (Å²) in [5.41, 5.74) is 1.24. The van der Waals surface area contributed by atoms with Crippen molar-refractivity contribution in [3.63, 3.8) is 0 Å². The summed E-state index contributed by atoms with van der Waals surface area (Å²) in [6.45, 7) is 12.1. The Morgan fingerprint density at radius 1 is 1.10 bits per heavy atom. The molecule has 5 heteroatoms. The first-order chi connectivity index (χ1) is 9.62. The summed E-state index contributed by atoms with van der Waals surface area (Å²) < 4.78 is 7.90. The maximum atomic E-state index is 5.91. The number of benzene rings is 1. The number of hydrogen-bond donors (Lipinski definition) is 1. The zero-order valence-electron chi connectivity index (χ0n) is 12.5. The smallest absolute Gasteiger partial charge is 0.147 e. The first kappa shape index (κ1) is 18.0. The van der Waals surface area contributed by atoms with Crippen LogP contribution in [-0.4, -0.2) is 37.7 Å². The molecule has 0 aromatic heterocycles. The summed E-state index contributed by atoms with van der Waals surface area (Å²) in [6, 6.07) is 4.22. The maximum Gasteiger partial charge on any atom is 0.147 e. The Kier molecular flexibility index (Phi) is 8.77. The molecule has 0 aliphatic heterocycles. The molecule has 0 spiro atoms. The zero-order valence-corrected chi connectivity index (χ0v) is 15.7. The lowest BCUT2D eigenvalue weighted by Crippen LogP contribution is -2.28. The third-order valence-electron chi connectivity index (χ3n) is 3.19. The molecule has 1 aromatic rings. The van der Waals surface area contributed by atoms with Gasteiger partial charge in [-0.3, -0.25) is 0 Å². The van der Waals surface area contributed by atoms with Gasteiger partial charge >= 0.3 is 0 Å². The molecule has 0 amide bonds. The van der Waals surface area contributed by atoms with Gasteiger partial charge < -0.3 is 15.0 Å².